The third-order valence-corrected chi connectivity index (χ3v) is 6.07. The van der Waals surface area contributed by atoms with Crippen LogP contribution in [0.15, 0.2) is 35.3 Å². The molecule has 3 rings (SSSR count). The van der Waals surface area contributed by atoms with E-state index in [1.165, 1.54) is 5.56 Å². The van der Waals surface area contributed by atoms with Gasteiger partial charge in [0, 0.05) is 51.3 Å². The lowest BCUT2D eigenvalue weighted by molar-refractivity contribution is 0.0527. The fourth-order valence-corrected chi connectivity index (χ4v) is 4.30. The van der Waals surface area contributed by atoms with Gasteiger partial charge in [0.25, 0.3) is 0 Å². The first kappa shape index (κ1) is 25.4. The SMILES string of the molecule is CCNC(=NCC1(c2ccccc2)CCOCC1)N1CCC(COCCOC)C1.I. The third-order valence-electron chi connectivity index (χ3n) is 6.07. The Morgan fingerprint density at radius 2 is 2.00 bits per heavy atom. The van der Waals surface area contributed by atoms with Crippen molar-refractivity contribution in [1.82, 2.24) is 10.2 Å². The number of hydrogen-bond donors (Lipinski definition) is 1. The van der Waals surface area contributed by atoms with Gasteiger partial charge in [-0.15, -0.1) is 24.0 Å². The molecule has 2 heterocycles. The number of likely N-dealkylation sites (tertiary alicyclic amines) is 1. The summed E-state index contributed by atoms with van der Waals surface area (Å²) in [4.78, 5) is 7.52. The van der Waals surface area contributed by atoms with E-state index >= 15 is 0 Å². The maximum Gasteiger partial charge on any atom is 0.193 e. The molecule has 0 radical (unpaired) electrons. The molecule has 0 saturated carbocycles. The lowest BCUT2D eigenvalue weighted by Crippen LogP contribution is -2.43. The highest BCUT2D eigenvalue weighted by atomic mass is 127. The number of hydrogen-bond acceptors (Lipinski definition) is 4. The number of benzene rings is 1. The number of nitrogens with one attached hydrogen (secondary N) is 1. The maximum atomic E-state index is 5.75. The van der Waals surface area contributed by atoms with Crippen LogP contribution in [-0.2, 0) is 19.6 Å². The molecule has 1 aromatic carbocycles. The highest BCUT2D eigenvalue weighted by molar-refractivity contribution is 14.0. The first-order valence-electron chi connectivity index (χ1n) is 11.0. The van der Waals surface area contributed by atoms with Gasteiger partial charge in [0.05, 0.1) is 26.4 Å². The molecule has 0 aliphatic carbocycles. The molecule has 1 aromatic rings. The van der Waals surface area contributed by atoms with Crippen LogP contribution in [0, 0.1) is 5.92 Å². The van der Waals surface area contributed by atoms with Gasteiger partial charge in [-0.05, 0) is 31.7 Å². The van der Waals surface area contributed by atoms with Crippen LogP contribution < -0.4 is 5.32 Å². The predicted octanol–water partition coefficient (Wildman–Crippen LogP) is 3.30. The number of rotatable bonds is 9. The molecule has 0 bridgehead atoms. The number of halogens is 1. The van der Waals surface area contributed by atoms with Crippen molar-refractivity contribution in [1.29, 1.82) is 0 Å². The number of guanidine groups is 1. The lowest BCUT2D eigenvalue weighted by Gasteiger charge is -2.37. The molecule has 0 spiro atoms. The van der Waals surface area contributed by atoms with E-state index in [4.69, 9.17) is 19.2 Å². The minimum atomic E-state index is 0. The Labute approximate surface area is 198 Å². The third kappa shape index (κ3) is 7.07. The molecule has 30 heavy (non-hydrogen) atoms. The molecular weight excluding hydrogens is 493 g/mol. The van der Waals surface area contributed by atoms with Gasteiger partial charge >= 0.3 is 0 Å². The molecule has 2 saturated heterocycles. The summed E-state index contributed by atoms with van der Waals surface area (Å²) in [6.07, 6.45) is 3.20. The normalized spacial score (nSPS) is 21.3. The van der Waals surface area contributed by atoms with E-state index in [0.29, 0.717) is 19.1 Å². The monoisotopic (exact) mass is 531 g/mol. The Bertz CT molecular complexity index is 623. The molecule has 0 amide bonds. The molecule has 2 aliphatic heterocycles. The Kier molecular flexibility index (Phi) is 11.4. The second-order valence-electron chi connectivity index (χ2n) is 8.10. The molecule has 170 valence electrons. The summed E-state index contributed by atoms with van der Waals surface area (Å²) in [5.74, 6) is 1.59. The van der Waals surface area contributed by atoms with Crippen molar-refractivity contribution in [2.24, 2.45) is 10.9 Å². The zero-order valence-electron chi connectivity index (χ0n) is 18.5. The number of methoxy groups -OCH3 is 1. The minimum Gasteiger partial charge on any atom is -0.382 e. The van der Waals surface area contributed by atoms with Gasteiger partial charge in [-0.2, -0.15) is 0 Å². The molecule has 1 N–H and O–H groups in total. The summed E-state index contributed by atoms with van der Waals surface area (Å²) >= 11 is 0. The average molecular weight is 531 g/mol. The van der Waals surface area contributed by atoms with Gasteiger partial charge in [-0.25, -0.2) is 0 Å². The van der Waals surface area contributed by atoms with Gasteiger partial charge in [0.1, 0.15) is 0 Å². The topological polar surface area (TPSA) is 55.3 Å². The summed E-state index contributed by atoms with van der Waals surface area (Å²) in [5.41, 5.74) is 1.46. The smallest absolute Gasteiger partial charge is 0.193 e. The Hall–Kier alpha value is -0.900. The lowest BCUT2D eigenvalue weighted by atomic mass is 9.74. The van der Waals surface area contributed by atoms with Crippen LogP contribution in [0.3, 0.4) is 0 Å². The zero-order valence-corrected chi connectivity index (χ0v) is 20.8. The van der Waals surface area contributed by atoms with E-state index in [0.717, 1.165) is 71.2 Å². The standard InChI is InChI=1S/C23H37N3O3.HI/c1-3-24-22(26-12-9-20(17-26)18-29-16-15-27-2)25-19-23(10-13-28-14-11-23)21-7-5-4-6-8-21;/h4-8,20H,3,9-19H2,1-2H3,(H,24,25);1H. The van der Waals surface area contributed by atoms with Gasteiger partial charge < -0.3 is 24.4 Å². The van der Waals surface area contributed by atoms with E-state index in [1.54, 1.807) is 7.11 Å². The van der Waals surface area contributed by atoms with Crippen LogP contribution in [-0.4, -0.2) is 77.2 Å². The summed E-state index contributed by atoms with van der Waals surface area (Å²) in [7, 11) is 1.71. The predicted molar refractivity (Wildman–Crippen MR) is 132 cm³/mol. The van der Waals surface area contributed by atoms with Crippen molar-refractivity contribution in [2.75, 3.05) is 66.3 Å². The van der Waals surface area contributed by atoms with Gasteiger partial charge in [0.15, 0.2) is 5.96 Å². The van der Waals surface area contributed by atoms with Crippen LogP contribution in [0.5, 0.6) is 0 Å². The highest BCUT2D eigenvalue weighted by Gasteiger charge is 2.35. The van der Waals surface area contributed by atoms with Crippen LogP contribution in [0.1, 0.15) is 31.7 Å². The second kappa shape index (κ2) is 13.5. The molecule has 6 nitrogen and oxygen atoms in total. The summed E-state index contributed by atoms with van der Waals surface area (Å²) in [5, 5.41) is 3.51. The van der Waals surface area contributed by atoms with Crippen molar-refractivity contribution in [3.63, 3.8) is 0 Å². The molecule has 1 atom stereocenters. The first-order valence-corrected chi connectivity index (χ1v) is 11.0. The molecular formula is C23H38IN3O3. The van der Waals surface area contributed by atoms with Gasteiger partial charge in [0.2, 0.25) is 0 Å². The zero-order chi connectivity index (χ0) is 20.4. The van der Waals surface area contributed by atoms with Crippen molar-refractivity contribution < 1.29 is 14.2 Å². The van der Waals surface area contributed by atoms with Crippen LogP contribution >= 0.6 is 24.0 Å². The highest BCUT2D eigenvalue weighted by Crippen LogP contribution is 2.35. The molecule has 2 fully saturated rings. The molecule has 0 aromatic heterocycles. The molecule has 1 unspecified atom stereocenters. The van der Waals surface area contributed by atoms with Crippen LogP contribution in [0.2, 0.25) is 0 Å². The first-order chi connectivity index (χ1) is 14.3. The van der Waals surface area contributed by atoms with Crippen LogP contribution in [0.4, 0.5) is 0 Å². The summed E-state index contributed by atoms with van der Waals surface area (Å²) in [6, 6.07) is 10.9. The second-order valence-corrected chi connectivity index (χ2v) is 8.10. The summed E-state index contributed by atoms with van der Waals surface area (Å²) < 4.78 is 16.5. The fraction of sp³-hybridized carbons (Fsp3) is 0.696. The number of nitrogens with zero attached hydrogens (tertiary/aromatic N) is 2. The van der Waals surface area contributed by atoms with Gasteiger partial charge in [-0.3, -0.25) is 4.99 Å². The minimum absolute atomic E-state index is 0. The van der Waals surface area contributed by atoms with E-state index < -0.39 is 0 Å². The quantitative estimate of drug-likeness (QED) is 0.230. The van der Waals surface area contributed by atoms with E-state index in [9.17, 15) is 0 Å². The fourth-order valence-electron chi connectivity index (χ4n) is 4.30. The van der Waals surface area contributed by atoms with Crippen molar-refractivity contribution >= 4 is 29.9 Å². The average Bonchev–Trinajstić information content (AvgIpc) is 3.24. The Morgan fingerprint density at radius 3 is 2.70 bits per heavy atom. The maximum absolute atomic E-state index is 5.75. The van der Waals surface area contributed by atoms with Crippen molar-refractivity contribution in [3.05, 3.63) is 35.9 Å². The van der Waals surface area contributed by atoms with Gasteiger partial charge in [-0.1, -0.05) is 30.3 Å². The van der Waals surface area contributed by atoms with Crippen molar-refractivity contribution in [3.8, 4) is 0 Å². The largest absolute Gasteiger partial charge is 0.382 e. The molecule has 2 aliphatic rings. The van der Waals surface area contributed by atoms with E-state index in [-0.39, 0.29) is 29.4 Å². The summed E-state index contributed by atoms with van der Waals surface area (Å²) in [6.45, 7) is 9.60. The Morgan fingerprint density at radius 1 is 1.23 bits per heavy atom. The van der Waals surface area contributed by atoms with E-state index in [1.807, 2.05) is 0 Å². The van der Waals surface area contributed by atoms with Crippen LogP contribution in [0.25, 0.3) is 0 Å². The van der Waals surface area contributed by atoms with E-state index in [2.05, 4.69) is 47.5 Å². The number of aliphatic imine (C=N–C) groups is 1. The molecule has 7 heteroatoms. The van der Waals surface area contributed by atoms with Crippen molar-refractivity contribution in [2.45, 2.75) is 31.6 Å². The Balaban J connectivity index is 0.00000320. The number of ether oxygens (including phenoxy) is 3.